The predicted molar refractivity (Wildman–Crippen MR) is 75.3 cm³/mol. The van der Waals surface area contributed by atoms with Crippen LogP contribution in [0, 0.1) is 26.6 Å². The highest BCUT2D eigenvalue weighted by atomic mass is 19.1. The van der Waals surface area contributed by atoms with Gasteiger partial charge in [-0.1, -0.05) is 6.07 Å². The van der Waals surface area contributed by atoms with Crippen molar-refractivity contribution in [2.45, 2.75) is 27.2 Å². The van der Waals surface area contributed by atoms with Gasteiger partial charge >= 0.3 is 11.7 Å². The highest BCUT2D eigenvalue weighted by Gasteiger charge is 2.15. The molecule has 1 aromatic carbocycles. The first kappa shape index (κ1) is 14.9. The van der Waals surface area contributed by atoms with Crippen molar-refractivity contribution in [2.24, 2.45) is 0 Å². The molecule has 0 aliphatic carbocycles. The predicted octanol–water partition coefficient (Wildman–Crippen LogP) is 1.92. The summed E-state index contributed by atoms with van der Waals surface area (Å²) in [6.07, 6.45) is -0.237. The standard InChI is InChI=1S/C15H15FN2O3/c1-8-4-5-11(6-13(8)16)18-10(3)12(7-14(19)20)9(2)17-15(18)21/h4-6H,7H2,1-3H3,(H,19,20). The minimum absolute atomic E-state index is 0.237. The number of nitrogens with zero attached hydrogens (tertiary/aromatic N) is 2. The Labute approximate surface area is 120 Å². The third-order valence-electron chi connectivity index (χ3n) is 3.41. The molecule has 21 heavy (non-hydrogen) atoms. The number of hydrogen-bond acceptors (Lipinski definition) is 3. The van der Waals surface area contributed by atoms with Gasteiger partial charge in [-0.05, 0) is 38.5 Å². The molecule has 5 nitrogen and oxygen atoms in total. The van der Waals surface area contributed by atoms with Gasteiger partial charge in [0.05, 0.1) is 12.1 Å². The molecule has 0 saturated carbocycles. The molecule has 0 bridgehead atoms. The molecule has 1 heterocycles. The van der Waals surface area contributed by atoms with E-state index in [0.29, 0.717) is 28.2 Å². The summed E-state index contributed by atoms with van der Waals surface area (Å²) in [5.74, 6) is -1.44. The van der Waals surface area contributed by atoms with Crippen LogP contribution in [0.4, 0.5) is 4.39 Å². The van der Waals surface area contributed by atoms with E-state index in [2.05, 4.69) is 4.98 Å². The van der Waals surface area contributed by atoms with Gasteiger partial charge in [0, 0.05) is 17.0 Å². The fourth-order valence-corrected chi connectivity index (χ4v) is 2.23. The molecule has 0 atom stereocenters. The van der Waals surface area contributed by atoms with Gasteiger partial charge in [-0.2, -0.15) is 4.98 Å². The summed E-state index contributed by atoms with van der Waals surface area (Å²) in [5.41, 5.74) is 1.54. The summed E-state index contributed by atoms with van der Waals surface area (Å²) in [4.78, 5) is 26.8. The lowest BCUT2D eigenvalue weighted by atomic mass is 10.1. The zero-order valence-corrected chi connectivity index (χ0v) is 12.0. The Bertz CT molecular complexity index is 781. The molecule has 0 radical (unpaired) electrons. The lowest BCUT2D eigenvalue weighted by Gasteiger charge is -2.15. The Morgan fingerprint density at radius 3 is 2.57 bits per heavy atom. The van der Waals surface area contributed by atoms with Gasteiger partial charge in [-0.25, -0.2) is 9.18 Å². The molecule has 110 valence electrons. The molecule has 2 aromatic rings. The summed E-state index contributed by atoms with van der Waals surface area (Å²) in [5, 5.41) is 8.95. The van der Waals surface area contributed by atoms with Gasteiger partial charge in [-0.3, -0.25) is 9.36 Å². The number of hydrogen-bond donors (Lipinski definition) is 1. The zero-order valence-electron chi connectivity index (χ0n) is 12.0. The van der Waals surface area contributed by atoms with Crippen LogP contribution in [0.3, 0.4) is 0 Å². The molecule has 1 aromatic heterocycles. The fourth-order valence-electron chi connectivity index (χ4n) is 2.23. The van der Waals surface area contributed by atoms with Gasteiger partial charge in [0.1, 0.15) is 5.82 Å². The highest BCUT2D eigenvalue weighted by molar-refractivity contribution is 5.71. The molecule has 0 aliphatic rings. The number of aliphatic carboxylic acids is 1. The Morgan fingerprint density at radius 2 is 2.00 bits per heavy atom. The van der Waals surface area contributed by atoms with Gasteiger partial charge in [0.25, 0.3) is 0 Å². The van der Waals surface area contributed by atoms with E-state index >= 15 is 0 Å². The monoisotopic (exact) mass is 290 g/mol. The fraction of sp³-hybridized carbons (Fsp3) is 0.267. The maximum atomic E-state index is 13.7. The van der Waals surface area contributed by atoms with Crippen LogP contribution in [-0.4, -0.2) is 20.6 Å². The Balaban J connectivity index is 2.71. The van der Waals surface area contributed by atoms with E-state index < -0.39 is 17.5 Å². The number of rotatable bonds is 3. The van der Waals surface area contributed by atoms with Crippen molar-refractivity contribution >= 4 is 5.97 Å². The lowest BCUT2D eigenvalue weighted by Crippen LogP contribution is -2.27. The zero-order chi connectivity index (χ0) is 15.7. The topological polar surface area (TPSA) is 72.2 Å². The Kier molecular flexibility index (Phi) is 3.88. The number of benzene rings is 1. The van der Waals surface area contributed by atoms with E-state index in [1.165, 1.54) is 10.6 Å². The number of aromatic nitrogens is 2. The van der Waals surface area contributed by atoms with E-state index in [4.69, 9.17) is 5.11 Å². The molecule has 0 unspecified atom stereocenters. The number of halogens is 1. The van der Waals surface area contributed by atoms with Gasteiger partial charge in [0.15, 0.2) is 0 Å². The normalized spacial score (nSPS) is 10.7. The van der Waals surface area contributed by atoms with Crippen molar-refractivity contribution in [3.05, 3.63) is 57.0 Å². The van der Waals surface area contributed by atoms with Gasteiger partial charge < -0.3 is 5.11 Å². The van der Waals surface area contributed by atoms with Crippen molar-refractivity contribution in [1.82, 2.24) is 9.55 Å². The van der Waals surface area contributed by atoms with Crippen molar-refractivity contribution in [2.75, 3.05) is 0 Å². The van der Waals surface area contributed by atoms with Gasteiger partial charge in [0.2, 0.25) is 0 Å². The minimum Gasteiger partial charge on any atom is -0.481 e. The molecule has 0 spiro atoms. The molecular weight excluding hydrogens is 275 g/mol. The van der Waals surface area contributed by atoms with E-state index in [0.717, 1.165) is 0 Å². The van der Waals surface area contributed by atoms with Crippen molar-refractivity contribution in [3.63, 3.8) is 0 Å². The molecule has 0 amide bonds. The Hall–Kier alpha value is -2.50. The van der Waals surface area contributed by atoms with Crippen LogP contribution in [0.2, 0.25) is 0 Å². The van der Waals surface area contributed by atoms with Crippen LogP contribution in [0.25, 0.3) is 5.69 Å². The summed E-state index contributed by atoms with van der Waals surface area (Å²) in [7, 11) is 0. The molecular formula is C15H15FN2O3. The van der Waals surface area contributed by atoms with Crippen LogP contribution < -0.4 is 5.69 Å². The molecule has 2 rings (SSSR count). The molecule has 6 heteroatoms. The second-order valence-corrected chi connectivity index (χ2v) is 4.88. The van der Waals surface area contributed by atoms with E-state index in [-0.39, 0.29) is 6.42 Å². The SMILES string of the molecule is Cc1ccc(-n2c(C)c(CC(=O)O)c(C)nc2=O)cc1F. The molecule has 1 N–H and O–H groups in total. The minimum atomic E-state index is -1.01. The van der Waals surface area contributed by atoms with E-state index in [1.54, 1.807) is 32.9 Å². The first-order valence-electron chi connectivity index (χ1n) is 6.38. The van der Waals surface area contributed by atoms with Crippen molar-refractivity contribution < 1.29 is 14.3 Å². The first-order chi connectivity index (χ1) is 9.81. The van der Waals surface area contributed by atoms with Crippen LogP contribution in [0.15, 0.2) is 23.0 Å². The smallest absolute Gasteiger partial charge is 0.352 e. The average molecular weight is 290 g/mol. The maximum Gasteiger partial charge on any atom is 0.352 e. The molecule has 0 saturated heterocycles. The second-order valence-electron chi connectivity index (χ2n) is 4.88. The van der Waals surface area contributed by atoms with Crippen molar-refractivity contribution in [1.29, 1.82) is 0 Å². The third kappa shape index (κ3) is 2.84. The van der Waals surface area contributed by atoms with Crippen LogP contribution in [-0.2, 0) is 11.2 Å². The number of carboxylic acids is 1. The van der Waals surface area contributed by atoms with Crippen LogP contribution >= 0.6 is 0 Å². The Morgan fingerprint density at radius 1 is 1.33 bits per heavy atom. The highest BCUT2D eigenvalue weighted by Crippen LogP contribution is 2.17. The lowest BCUT2D eigenvalue weighted by molar-refractivity contribution is -0.136. The maximum absolute atomic E-state index is 13.7. The van der Waals surface area contributed by atoms with Gasteiger partial charge in [-0.15, -0.1) is 0 Å². The molecule has 0 fully saturated rings. The number of carbonyl (C=O) groups is 1. The summed E-state index contributed by atoms with van der Waals surface area (Å²) in [6, 6.07) is 4.41. The summed E-state index contributed by atoms with van der Waals surface area (Å²) in [6.45, 7) is 4.84. The summed E-state index contributed by atoms with van der Waals surface area (Å²) < 4.78 is 14.9. The van der Waals surface area contributed by atoms with Crippen LogP contribution in [0.1, 0.15) is 22.5 Å². The van der Waals surface area contributed by atoms with E-state index in [9.17, 15) is 14.0 Å². The quantitative estimate of drug-likeness (QED) is 0.937. The average Bonchev–Trinajstić information content (AvgIpc) is 2.38. The molecule has 0 aliphatic heterocycles. The second kappa shape index (κ2) is 5.47. The van der Waals surface area contributed by atoms with Crippen LogP contribution in [0.5, 0.6) is 0 Å². The largest absolute Gasteiger partial charge is 0.481 e. The first-order valence-corrected chi connectivity index (χ1v) is 6.38. The summed E-state index contributed by atoms with van der Waals surface area (Å²) >= 11 is 0. The van der Waals surface area contributed by atoms with E-state index in [1.807, 2.05) is 0 Å². The number of carboxylic acid groups (broad SMARTS) is 1. The van der Waals surface area contributed by atoms with Crippen molar-refractivity contribution in [3.8, 4) is 5.69 Å². The third-order valence-corrected chi connectivity index (χ3v) is 3.41. The number of aryl methyl sites for hydroxylation is 2.